The number of rotatable bonds is 5. The summed E-state index contributed by atoms with van der Waals surface area (Å²) in [5.74, 6) is 0.873. The Kier molecular flexibility index (Phi) is 5.61. The van der Waals surface area contributed by atoms with E-state index in [-0.39, 0.29) is 10.8 Å². The second-order valence-corrected chi connectivity index (χ2v) is 8.74. The van der Waals surface area contributed by atoms with Crippen molar-refractivity contribution in [1.82, 2.24) is 0 Å². The molecule has 0 aromatic heterocycles. The summed E-state index contributed by atoms with van der Waals surface area (Å²) in [5, 5.41) is 0. The molecule has 0 atom stereocenters. The maximum absolute atomic E-state index is 11.0. The maximum atomic E-state index is 11.0. The molecule has 136 valence electrons. The highest BCUT2D eigenvalue weighted by Crippen LogP contribution is 2.48. The Morgan fingerprint density at radius 1 is 1.04 bits per heavy atom. The highest BCUT2D eigenvalue weighted by molar-refractivity contribution is 5.83. The highest BCUT2D eigenvalue weighted by Gasteiger charge is 2.38. The van der Waals surface area contributed by atoms with Gasteiger partial charge in [-0.15, -0.1) is 0 Å². The molecule has 0 aliphatic heterocycles. The lowest BCUT2D eigenvalue weighted by Crippen LogP contribution is -2.34. The van der Waals surface area contributed by atoms with Crippen molar-refractivity contribution in [3.8, 4) is 5.75 Å². The van der Waals surface area contributed by atoms with Gasteiger partial charge in [0.25, 0.3) is 0 Å². The van der Waals surface area contributed by atoms with Crippen molar-refractivity contribution >= 4 is 11.9 Å². The van der Waals surface area contributed by atoms with Gasteiger partial charge in [0, 0.05) is 5.56 Å². The summed E-state index contributed by atoms with van der Waals surface area (Å²) in [6.45, 7) is 15.9. The van der Waals surface area contributed by atoms with Crippen LogP contribution in [0.1, 0.15) is 78.0 Å². The summed E-state index contributed by atoms with van der Waals surface area (Å²) in [6.07, 6.45) is 6.89. The number of hydrogen-bond donors (Lipinski definition) is 0. The van der Waals surface area contributed by atoms with Crippen LogP contribution in [0.2, 0.25) is 0 Å². The average Bonchev–Trinajstić information content (AvgIpc) is 2.51. The topological polar surface area (TPSA) is 26.3 Å². The molecule has 2 nitrogen and oxygen atoms in total. The Bertz CT molecular complexity index is 714. The summed E-state index contributed by atoms with van der Waals surface area (Å²) in [6, 6.07) is 4.47. The van der Waals surface area contributed by atoms with Gasteiger partial charge in [0.2, 0.25) is 0 Å². The predicted octanol–water partition coefficient (Wildman–Crippen LogP) is 5.98. The quantitative estimate of drug-likeness (QED) is 0.374. The van der Waals surface area contributed by atoms with Crippen LogP contribution in [-0.2, 0) is 15.6 Å². The van der Waals surface area contributed by atoms with Crippen molar-refractivity contribution in [1.29, 1.82) is 0 Å². The maximum Gasteiger partial charge on any atom is 0.143 e. The first kappa shape index (κ1) is 19.5. The van der Waals surface area contributed by atoms with Gasteiger partial charge in [-0.05, 0) is 85.4 Å². The smallest absolute Gasteiger partial charge is 0.143 e. The first-order valence-corrected chi connectivity index (χ1v) is 9.16. The minimum absolute atomic E-state index is 0.138. The summed E-state index contributed by atoms with van der Waals surface area (Å²) < 4.78 is 6.11. The van der Waals surface area contributed by atoms with Crippen LogP contribution >= 0.6 is 0 Å². The molecule has 2 rings (SSSR count). The molecule has 0 spiro atoms. The fraction of sp³-hybridized carbons (Fsp3) is 0.522. The average molecular weight is 341 g/mol. The molecule has 0 amide bonds. The van der Waals surface area contributed by atoms with E-state index < -0.39 is 0 Å². The van der Waals surface area contributed by atoms with Gasteiger partial charge in [0.05, 0.1) is 0 Å². The fourth-order valence-electron chi connectivity index (χ4n) is 3.51. The molecule has 0 unspecified atom stereocenters. The number of carbonyl (C=O) groups is 1. The van der Waals surface area contributed by atoms with Crippen LogP contribution in [0.25, 0.3) is 5.57 Å². The number of fused-ring (bicyclic) bond motifs is 1. The summed E-state index contributed by atoms with van der Waals surface area (Å²) in [7, 11) is 0. The second kappa shape index (κ2) is 7.19. The molecular weight excluding hydrogens is 308 g/mol. The third kappa shape index (κ3) is 4.23. The van der Waals surface area contributed by atoms with Gasteiger partial charge in [0.15, 0.2) is 0 Å². The second-order valence-electron chi connectivity index (χ2n) is 8.74. The number of carbonyl (C=O) groups excluding carboxylic acids is 1. The van der Waals surface area contributed by atoms with E-state index in [1.807, 2.05) is 6.92 Å². The lowest BCUT2D eigenvalue weighted by molar-refractivity contribution is -0.104. The van der Waals surface area contributed by atoms with E-state index in [2.05, 4.69) is 59.8 Å². The van der Waals surface area contributed by atoms with Gasteiger partial charge >= 0.3 is 0 Å². The van der Waals surface area contributed by atoms with Crippen LogP contribution in [-0.4, -0.2) is 12.9 Å². The number of aldehydes is 1. The van der Waals surface area contributed by atoms with Crippen LogP contribution in [0.3, 0.4) is 0 Å². The molecule has 25 heavy (non-hydrogen) atoms. The number of allylic oxidation sites excluding steroid dienone is 3. The normalized spacial score (nSPS) is 18.3. The fourth-order valence-corrected chi connectivity index (χ4v) is 3.51. The lowest BCUT2D eigenvalue weighted by Gasteiger charge is -2.42. The molecular formula is C23H32O2. The number of hydrogen-bond acceptors (Lipinski definition) is 2. The summed E-state index contributed by atoms with van der Waals surface area (Å²) in [4.78, 5) is 11.0. The molecule has 0 N–H and O–H groups in total. The molecule has 0 fully saturated rings. The first-order chi connectivity index (χ1) is 11.6. The largest absolute Gasteiger partial charge is 0.489 e. The van der Waals surface area contributed by atoms with E-state index >= 15 is 0 Å². The molecule has 0 bridgehead atoms. The lowest BCUT2D eigenvalue weighted by atomic mass is 9.62. The third-order valence-electron chi connectivity index (χ3n) is 5.43. The van der Waals surface area contributed by atoms with Crippen LogP contribution in [0, 0.1) is 0 Å². The molecule has 1 aromatic rings. The first-order valence-electron chi connectivity index (χ1n) is 9.16. The van der Waals surface area contributed by atoms with Gasteiger partial charge in [0.1, 0.15) is 18.6 Å². The summed E-state index contributed by atoms with van der Waals surface area (Å²) >= 11 is 0. The molecule has 0 radical (unpaired) electrons. The number of benzene rings is 1. The molecule has 0 heterocycles. The number of ether oxygens (including phenoxy) is 1. The Labute approximate surface area is 153 Å². The molecule has 1 aromatic carbocycles. The zero-order valence-corrected chi connectivity index (χ0v) is 16.8. The van der Waals surface area contributed by atoms with Gasteiger partial charge in [-0.1, -0.05) is 33.3 Å². The standard InChI is InChI=1S/C23H32O2/c1-16(2)9-13-25-21-15-20-19(14-18(21)17(3)8-12-24)22(4,5)10-11-23(20,6)7/h8-9,12,14-15H,10-11,13H2,1-7H3. The third-order valence-corrected chi connectivity index (χ3v) is 5.43. The van der Waals surface area contributed by atoms with Crippen LogP contribution in [0.5, 0.6) is 5.75 Å². The monoisotopic (exact) mass is 340 g/mol. The molecule has 1 aliphatic rings. The van der Waals surface area contributed by atoms with Crippen molar-refractivity contribution < 1.29 is 9.53 Å². The van der Waals surface area contributed by atoms with Gasteiger partial charge in [-0.2, -0.15) is 0 Å². The Morgan fingerprint density at radius 3 is 2.12 bits per heavy atom. The minimum Gasteiger partial charge on any atom is -0.489 e. The predicted molar refractivity (Wildman–Crippen MR) is 106 cm³/mol. The van der Waals surface area contributed by atoms with Crippen molar-refractivity contribution in [3.05, 3.63) is 46.5 Å². The van der Waals surface area contributed by atoms with Crippen molar-refractivity contribution in [2.45, 2.75) is 72.1 Å². The van der Waals surface area contributed by atoms with Crippen LogP contribution < -0.4 is 4.74 Å². The Hall–Kier alpha value is -1.83. The van der Waals surface area contributed by atoms with Crippen molar-refractivity contribution in [2.75, 3.05) is 6.61 Å². The van der Waals surface area contributed by atoms with Crippen LogP contribution in [0.15, 0.2) is 29.9 Å². The van der Waals surface area contributed by atoms with E-state index in [0.717, 1.165) is 23.2 Å². The van der Waals surface area contributed by atoms with Crippen molar-refractivity contribution in [3.63, 3.8) is 0 Å². The molecule has 0 saturated carbocycles. The van der Waals surface area contributed by atoms with E-state index in [4.69, 9.17) is 4.74 Å². The minimum atomic E-state index is 0.138. The zero-order chi connectivity index (χ0) is 18.8. The van der Waals surface area contributed by atoms with E-state index in [1.54, 1.807) is 6.08 Å². The van der Waals surface area contributed by atoms with Gasteiger partial charge < -0.3 is 4.74 Å². The van der Waals surface area contributed by atoms with E-state index in [9.17, 15) is 4.79 Å². The van der Waals surface area contributed by atoms with Gasteiger partial charge in [-0.25, -0.2) is 0 Å². The van der Waals surface area contributed by atoms with Crippen LogP contribution in [0.4, 0.5) is 0 Å². The van der Waals surface area contributed by atoms with E-state index in [0.29, 0.717) is 6.61 Å². The van der Waals surface area contributed by atoms with E-state index in [1.165, 1.54) is 29.5 Å². The highest BCUT2D eigenvalue weighted by atomic mass is 16.5. The zero-order valence-electron chi connectivity index (χ0n) is 16.8. The SMILES string of the molecule is CC(C)=CCOc1cc2c(cc1C(C)=CC=O)C(C)(C)CCC2(C)C. The molecule has 2 heteroatoms. The Balaban J connectivity index is 2.62. The van der Waals surface area contributed by atoms with Gasteiger partial charge in [-0.3, -0.25) is 4.79 Å². The molecule has 1 aliphatic carbocycles. The molecule has 0 saturated heterocycles. The Morgan fingerprint density at radius 2 is 1.60 bits per heavy atom. The van der Waals surface area contributed by atoms with Crippen molar-refractivity contribution in [2.24, 2.45) is 0 Å². The summed E-state index contributed by atoms with van der Waals surface area (Å²) in [5.41, 5.74) is 6.24.